The molecule has 2 aromatic carbocycles. The zero-order valence-electron chi connectivity index (χ0n) is 16.5. The van der Waals surface area contributed by atoms with Crippen molar-refractivity contribution in [1.82, 2.24) is 5.32 Å². The number of hydrogen-bond donors (Lipinski definition) is 2. The molecule has 2 atom stereocenters. The molecule has 0 fully saturated rings. The topological polar surface area (TPSA) is 85.9 Å². The van der Waals surface area contributed by atoms with Gasteiger partial charge in [-0.15, -0.1) is 0 Å². The van der Waals surface area contributed by atoms with Crippen molar-refractivity contribution in [2.24, 2.45) is 0 Å². The molecule has 29 heavy (non-hydrogen) atoms. The normalized spacial score (nSPS) is 19.3. The summed E-state index contributed by atoms with van der Waals surface area (Å²) in [6.07, 6.45) is 0.0508. The molecule has 2 N–H and O–H groups in total. The van der Waals surface area contributed by atoms with Crippen molar-refractivity contribution in [3.05, 3.63) is 47.5 Å². The van der Waals surface area contributed by atoms with Gasteiger partial charge in [0.15, 0.2) is 6.10 Å². The molecule has 0 spiro atoms. The number of benzene rings is 2. The first-order valence-corrected chi connectivity index (χ1v) is 9.82. The molecule has 0 saturated carbocycles. The van der Waals surface area contributed by atoms with Gasteiger partial charge in [-0.25, -0.2) is 0 Å². The fraction of sp³-hybridized carbons (Fsp3) is 0.364. The Morgan fingerprint density at radius 2 is 2.07 bits per heavy atom. The van der Waals surface area contributed by atoms with Gasteiger partial charge in [-0.05, 0) is 38.1 Å². The number of para-hydroxylation sites is 2. The fourth-order valence-corrected chi connectivity index (χ4v) is 3.57. The van der Waals surface area contributed by atoms with Crippen LogP contribution in [0.3, 0.4) is 0 Å². The second-order valence-corrected chi connectivity index (χ2v) is 7.21. The maximum atomic E-state index is 12.5. The van der Waals surface area contributed by atoms with Crippen LogP contribution in [0.5, 0.6) is 17.2 Å². The summed E-state index contributed by atoms with van der Waals surface area (Å²) in [7, 11) is 0. The Hall–Kier alpha value is -3.22. The summed E-state index contributed by atoms with van der Waals surface area (Å²) in [5.74, 6) is 1.53. The smallest absolute Gasteiger partial charge is 0.266 e. The lowest BCUT2D eigenvalue weighted by Gasteiger charge is -2.25. The third-order valence-corrected chi connectivity index (χ3v) is 4.93. The average molecular weight is 396 g/mol. The third kappa shape index (κ3) is 4.13. The SMILES string of the molecule is CCOc1cc2c(cc1CNC(=O)C[C@@H]1Oc3ccccc3NC1=O)O[C@H](C)C2. The molecule has 2 heterocycles. The number of anilines is 1. The fourth-order valence-electron chi connectivity index (χ4n) is 3.57. The van der Waals surface area contributed by atoms with Crippen molar-refractivity contribution in [3.8, 4) is 17.2 Å². The zero-order chi connectivity index (χ0) is 20.4. The number of rotatable bonds is 6. The molecule has 4 rings (SSSR count). The van der Waals surface area contributed by atoms with Crippen LogP contribution in [0.4, 0.5) is 5.69 Å². The zero-order valence-corrected chi connectivity index (χ0v) is 16.5. The first kappa shape index (κ1) is 19.1. The second-order valence-electron chi connectivity index (χ2n) is 7.21. The maximum absolute atomic E-state index is 12.5. The predicted molar refractivity (Wildman–Crippen MR) is 107 cm³/mol. The van der Waals surface area contributed by atoms with Gasteiger partial charge in [-0.1, -0.05) is 12.1 Å². The minimum atomic E-state index is -0.861. The van der Waals surface area contributed by atoms with Crippen molar-refractivity contribution in [3.63, 3.8) is 0 Å². The van der Waals surface area contributed by atoms with Crippen LogP contribution >= 0.6 is 0 Å². The first-order chi connectivity index (χ1) is 14.0. The Bertz CT molecular complexity index is 943. The van der Waals surface area contributed by atoms with E-state index < -0.39 is 6.10 Å². The van der Waals surface area contributed by atoms with Crippen molar-refractivity contribution in [2.45, 2.75) is 45.4 Å². The average Bonchev–Trinajstić information content (AvgIpc) is 3.06. The molecule has 2 aromatic rings. The highest BCUT2D eigenvalue weighted by Crippen LogP contribution is 2.35. The van der Waals surface area contributed by atoms with Crippen LogP contribution in [-0.4, -0.2) is 30.6 Å². The molecule has 7 heteroatoms. The molecule has 152 valence electrons. The second kappa shape index (κ2) is 8.03. The van der Waals surface area contributed by atoms with Gasteiger partial charge in [0, 0.05) is 24.1 Å². The molecule has 0 saturated heterocycles. The van der Waals surface area contributed by atoms with Crippen LogP contribution < -0.4 is 24.8 Å². The minimum absolute atomic E-state index is 0.0669. The molecule has 2 amide bonds. The number of fused-ring (bicyclic) bond motifs is 2. The number of carbonyl (C=O) groups is 2. The molecular weight excluding hydrogens is 372 g/mol. The van der Waals surface area contributed by atoms with E-state index in [9.17, 15) is 9.59 Å². The van der Waals surface area contributed by atoms with Gasteiger partial charge in [-0.3, -0.25) is 9.59 Å². The summed E-state index contributed by atoms with van der Waals surface area (Å²) in [6.45, 7) is 4.76. The van der Waals surface area contributed by atoms with Crippen LogP contribution in [0.1, 0.15) is 31.4 Å². The van der Waals surface area contributed by atoms with Gasteiger partial charge in [0.25, 0.3) is 5.91 Å². The van der Waals surface area contributed by atoms with E-state index in [4.69, 9.17) is 14.2 Å². The van der Waals surface area contributed by atoms with Crippen molar-refractivity contribution < 1.29 is 23.8 Å². The standard InChI is InChI=1S/C22H24N2O5/c1-3-27-18-9-14-8-13(2)28-19(14)10-15(18)12-23-21(25)11-20-22(26)24-16-6-4-5-7-17(16)29-20/h4-7,9-10,13,20H,3,8,11-12H2,1-2H3,(H,23,25)(H,24,26)/t13-,20+/m1/s1. The molecule has 2 aliphatic heterocycles. The van der Waals surface area contributed by atoms with Crippen LogP contribution in [0.2, 0.25) is 0 Å². The van der Waals surface area contributed by atoms with Crippen molar-refractivity contribution >= 4 is 17.5 Å². The van der Waals surface area contributed by atoms with Gasteiger partial charge in [0.2, 0.25) is 5.91 Å². The Morgan fingerprint density at radius 3 is 2.90 bits per heavy atom. The van der Waals surface area contributed by atoms with Gasteiger partial charge in [-0.2, -0.15) is 0 Å². The molecule has 0 bridgehead atoms. The van der Waals surface area contributed by atoms with E-state index in [-0.39, 0.29) is 30.9 Å². The summed E-state index contributed by atoms with van der Waals surface area (Å²) in [5, 5.41) is 5.62. The lowest BCUT2D eigenvalue weighted by atomic mass is 10.1. The lowest BCUT2D eigenvalue weighted by molar-refractivity contribution is -0.130. The highest BCUT2D eigenvalue weighted by molar-refractivity contribution is 5.99. The molecule has 0 radical (unpaired) electrons. The lowest BCUT2D eigenvalue weighted by Crippen LogP contribution is -2.40. The highest BCUT2D eigenvalue weighted by atomic mass is 16.5. The van der Waals surface area contributed by atoms with E-state index in [1.165, 1.54) is 0 Å². The maximum Gasteiger partial charge on any atom is 0.266 e. The third-order valence-electron chi connectivity index (χ3n) is 4.93. The summed E-state index contributed by atoms with van der Waals surface area (Å²) >= 11 is 0. The van der Waals surface area contributed by atoms with E-state index >= 15 is 0 Å². The van der Waals surface area contributed by atoms with Crippen LogP contribution in [0.15, 0.2) is 36.4 Å². The van der Waals surface area contributed by atoms with E-state index in [0.29, 0.717) is 18.0 Å². The quantitative estimate of drug-likeness (QED) is 0.784. The monoisotopic (exact) mass is 396 g/mol. The number of hydrogen-bond acceptors (Lipinski definition) is 5. The molecule has 7 nitrogen and oxygen atoms in total. The number of carbonyl (C=O) groups excluding carboxylic acids is 2. The van der Waals surface area contributed by atoms with E-state index in [0.717, 1.165) is 29.0 Å². The summed E-state index contributed by atoms with van der Waals surface area (Å²) in [5.41, 5.74) is 2.57. The molecule has 0 unspecified atom stereocenters. The minimum Gasteiger partial charge on any atom is -0.494 e. The van der Waals surface area contributed by atoms with Crippen LogP contribution in [0.25, 0.3) is 0 Å². The number of nitrogens with one attached hydrogen (secondary N) is 2. The predicted octanol–water partition coefficient (Wildman–Crippen LogP) is 2.81. The van der Waals surface area contributed by atoms with Crippen molar-refractivity contribution in [1.29, 1.82) is 0 Å². The van der Waals surface area contributed by atoms with Gasteiger partial charge in [0.1, 0.15) is 23.4 Å². The first-order valence-electron chi connectivity index (χ1n) is 9.82. The van der Waals surface area contributed by atoms with E-state index in [1.54, 1.807) is 12.1 Å². The van der Waals surface area contributed by atoms with Crippen LogP contribution in [0, 0.1) is 0 Å². The highest BCUT2D eigenvalue weighted by Gasteiger charge is 2.29. The van der Waals surface area contributed by atoms with Crippen molar-refractivity contribution in [2.75, 3.05) is 11.9 Å². The summed E-state index contributed by atoms with van der Waals surface area (Å²) in [6, 6.07) is 11.1. The Labute approximate surface area is 169 Å². The van der Waals surface area contributed by atoms with Gasteiger partial charge >= 0.3 is 0 Å². The summed E-state index contributed by atoms with van der Waals surface area (Å²) in [4.78, 5) is 24.7. The van der Waals surface area contributed by atoms with Crippen LogP contribution in [-0.2, 0) is 22.6 Å². The molecular formula is C22H24N2O5. The van der Waals surface area contributed by atoms with Gasteiger partial charge in [0.05, 0.1) is 18.7 Å². The summed E-state index contributed by atoms with van der Waals surface area (Å²) < 4.78 is 17.2. The van der Waals surface area contributed by atoms with Gasteiger partial charge < -0.3 is 24.8 Å². The van der Waals surface area contributed by atoms with E-state index in [2.05, 4.69) is 10.6 Å². The Morgan fingerprint density at radius 1 is 1.24 bits per heavy atom. The molecule has 0 aliphatic carbocycles. The molecule has 2 aliphatic rings. The molecule has 0 aromatic heterocycles. The largest absolute Gasteiger partial charge is 0.494 e. The number of ether oxygens (including phenoxy) is 3. The Balaban J connectivity index is 1.40. The Kier molecular flexibility index (Phi) is 5.29. The number of amides is 2. The van der Waals surface area contributed by atoms with E-state index in [1.807, 2.05) is 38.1 Å².